The first-order valence-electron chi connectivity index (χ1n) is 9.92. The minimum absolute atomic E-state index is 0.0259. The highest BCUT2D eigenvalue weighted by Gasteiger charge is 2.47. The van der Waals surface area contributed by atoms with Crippen molar-refractivity contribution in [3.05, 3.63) is 47.7 Å². The van der Waals surface area contributed by atoms with Gasteiger partial charge < -0.3 is 25.3 Å². The highest BCUT2D eigenvalue weighted by molar-refractivity contribution is 6.02. The van der Waals surface area contributed by atoms with E-state index in [9.17, 15) is 9.18 Å². The van der Waals surface area contributed by atoms with Gasteiger partial charge in [0.15, 0.2) is 0 Å². The Hall–Kier alpha value is -3.27. The van der Waals surface area contributed by atoms with Crippen LogP contribution in [-0.2, 0) is 15.0 Å². The maximum atomic E-state index is 14.9. The van der Waals surface area contributed by atoms with Gasteiger partial charge in [0, 0.05) is 30.5 Å². The molecular formula is C21H24FN5O4. The summed E-state index contributed by atoms with van der Waals surface area (Å²) in [5.74, 6) is -0.621. The van der Waals surface area contributed by atoms with Crippen molar-refractivity contribution in [2.45, 2.75) is 37.3 Å². The van der Waals surface area contributed by atoms with E-state index in [0.717, 1.165) is 0 Å². The van der Waals surface area contributed by atoms with Crippen molar-refractivity contribution in [3.63, 3.8) is 0 Å². The van der Waals surface area contributed by atoms with Crippen LogP contribution in [0.15, 0.2) is 35.6 Å². The number of hydrogen-bond acceptors (Lipinski definition) is 8. The van der Waals surface area contributed by atoms with Gasteiger partial charge in [-0.25, -0.2) is 19.4 Å². The van der Waals surface area contributed by atoms with Gasteiger partial charge in [-0.1, -0.05) is 0 Å². The number of rotatable bonds is 4. The lowest BCUT2D eigenvalue weighted by Crippen LogP contribution is -2.51. The maximum absolute atomic E-state index is 14.9. The van der Waals surface area contributed by atoms with E-state index >= 15 is 0 Å². The van der Waals surface area contributed by atoms with Crippen LogP contribution in [0.1, 0.15) is 42.2 Å². The van der Waals surface area contributed by atoms with E-state index in [0.29, 0.717) is 49.6 Å². The average molecular weight is 429 g/mol. The fourth-order valence-corrected chi connectivity index (χ4v) is 4.12. The summed E-state index contributed by atoms with van der Waals surface area (Å²) in [6.45, 7) is 2.91. The van der Waals surface area contributed by atoms with Gasteiger partial charge in [-0.05, 0) is 25.1 Å². The fraction of sp³-hybridized carbons (Fsp3) is 0.429. The molecule has 0 aliphatic carbocycles. The molecule has 0 saturated carbocycles. The van der Waals surface area contributed by atoms with Gasteiger partial charge in [-0.15, -0.1) is 0 Å². The third kappa shape index (κ3) is 4.29. The zero-order chi connectivity index (χ0) is 22.1. The van der Waals surface area contributed by atoms with Gasteiger partial charge in [0.05, 0.1) is 38.3 Å². The molecule has 1 amide bonds. The number of halogens is 1. The Balaban J connectivity index is 1.61. The number of aliphatic imine (C=N–C) groups is 1. The number of carbonyl (C=O) groups excluding carboxylic acids is 1. The van der Waals surface area contributed by atoms with Crippen molar-refractivity contribution in [1.29, 1.82) is 0 Å². The zero-order valence-electron chi connectivity index (χ0n) is 17.4. The molecule has 10 heteroatoms. The largest absolute Gasteiger partial charge is 0.480 e. The predicted octanol–water partition coefficient (Wildman–Crippen LogP) is 2.38. The van der Waals surface area contributed by atoms with Crippen molar-refractivity contribution in [2.24, 2.45) is 10.7 Å². The molecule has 3 N–H and O–H groups in total. The van der Waals surface area contributed by atoms with Gasteiger partial charge in [0.1, 0.15) is 17.1 Å². The van der Waals surface area contributed by atoms with Crippen LogP contribution >= 0.6 is 0 Å². The number of nitrogens with one attached hydrogen (secondary N) is 1. The first-order valence-corrected chi connectivity index (χ1v) is 9.92. The summed E-state index contributed by atoms with van der Waals surface area (Å²) in [6.07, 6.45) is 4.39. The number of ether oxygens (including phenoxy) is 3. The monoisotopic (exact) mass is 429 g/mol. The van der Waals surface area contributed by atoms with Crippen molar-refractivity contribution in [3.8, 4) is 5.88 Å². The number of nitrogens with two attached hydrogens (primary N) is 1. The Bertz CT molecular complexity index is 1010. The van der Waals surface area contributed by atoms with Crippen LogP contribution in [0, 0.1) is 5.82 Å². The van der Waals surface area contributed by atoms with Gasteiger partial charge in [-0.2, -0.15) is 0 Å². The minimum Gasteiger partial charge on any atom is -0.480 e. The van der Waals surface area contributed by atoms with Crippen LogP contribution in [0.25, 0.3) is 0 Å². The number of hydrogen-bond donors (Lipinski definition) is 2. The van der Waals surface area contributed by atoms with Gasteiger partial charge in [0.25, 0.3) is 11.9 Å². The molecule has 9 nitrogen and oxygen atoms in total. The van der Waals surface area contributed by atoms with Crippen LogP contribution in [0.3, 0.4) is 0 Å². The normalized spacial score (nSPS) is 22.4. The molecule has 1 saturated heterocycles. The lowest BCUT2D eigenvalue weighted by atomic mass is 9.76. The predicted molar refractivity (Wildman–Crippen MR) is 110 cm³/mol. The smallest absolute Gasteiger partial charge is 0.283 e. The molecule has 3 heterocycles. The van der Waals surface area contributed by atoms with Gasteiger partial charge in [0.2, 0.25) is 5.88 Å². The molecule has 0 unspecified atom stereocenters. The third-order valence-electron chi connectivity index (χ3n) is 5.62. The Labute approximate surface area is 178 Å². The number of nitrogens with zero attached hydrogens (tertiary/aromatic N) is 3. The lowest BCUT2D eigenvalue weighted by molar-refractivity contribution is -0.0796. The summed E-state index contributed by atoms with van der Waals surface area (Å²) in [5.41, 5.74) is 5.32. The number of amides is 1. The highest BCUT2D eigenvalue weighted by atomic mass is 19.1. The molecule has 2 aliphatic heterocycles. The zero-order valence-corrected chi connectivity index (χ0v) is 17.4. The Morgan fingerprint density at radius 1 is 1.26 bits per heavy atom. The van der Waals surface area contributed by atoms with E-state index in [-0.39, 0.29) is 11.7 Å². The Morgan fingerprint density at radius 3 is 2.71 bits per heavy atom. The summed E-state index contributed by atoms with van der Waals surface area (Å²) in [5, 5.41) is 2.72. The van der Waals surface area contributed by atoms with E-state index in [4.69, 9.17) is 19.9 Å². The van der Waals surface area contributed by atoms with E-state index in [1.165, 1.54) is 31.6 Å². The van der Waals surface area contributed by atoms with Crippen LogP contribution < -0.4 is 15.8 Å². The molecule has 1 fully saturated rings. The number of anilines is 1. The maximum Gasteiger partial charge on any atom is 0.283 e. The molecule has 1 spiro atoms. The van der Waals surface area contributed by atoms with Crippen molar-refractivity contribution >= 4 is 17.6 Å². The Kier molecular flexibility index (Phi) is 5.48. The van der Waals surface area contributed by atoms with Gasteiger partial charge >= 0.3 is 0 Å². The first-order chi connectivity index (χ1) is 14.8. The molecule has 1 aromatic carbocycles. The Morgan fingerprint density at radius 2 is 2.03 bits per heavy atom. The molecule has 4 rings (SSSR count). The lowest BCUT2D eigenvalue weighted by Gasteiger charge is -2.45. The minimum atomic E-state index is -0.954. The number of amidine groups is 1. The topological polar surface area (TPSA) is 121 Å². The number of benzene rings is 1. The molecule has 31 heavy (non-hydrogen) atoms. The summed E-state index contributed by atoms with van der Waals surface area (Å²) in [6, 6.07) is 4.37. The molecule has 2 aromatic rings. The quantitative estimate of drug-likeness (QED) is 0.765. The van der Waals surface area contributed by atoms with Crippen LogP contribution in [-0.4, -0.2) is 47.8 Å². The second-order valence-corrected chi connectivity index (χ2v) is 7.89. The number of aromatic nitrogens is 2. The molecule has 2 aliphatic rings. The molecule has 1 atom stereocenters. The molecule has 1 aromatic heterocycles. The van der Waals surface area contributed by atoms with Crippen LogP contribution in [0.4, 0.5) is 10.1 Å². The van der Waals surface area contributed by atoms with Crippen molar-refractivity contribution < 1.29 is 23.4 Å². The highest BCUT2D eigenvalue weighted by Crippen LogP contribution is 2.44. The van der Waals surface area contributed by atoms with Gasteiger partial charge in [-0.3, -0.25) is 4.79 Å². The number of methoxy groups -OCH3 is 1. The fourth-order valence-electron chi connectivity index (χ4n) is 4.12. The van der Waals surface area contributed by atoms with E-state index in [1.54, 1.807) is 6.07 Å². The van der Waals surface area contributed by atoms with Crippen molar-refractivity contribution in [1.82, 2.24) is 9.97 Å². The summed E-state index contributed by atoms with van der Waals surface area (Å²) in [7, 11) is 1.46. The van der Waals surface area contributed by atoms with E-state index < -0.39 is 22.9 Å². The summed E-state index contributed by atoms with van der Waals surface area (Å²) < 4.78 is 31.2. The number of carbonyl (C=O) groups is 1. The van der Waals surface area contributed by atoms with Crippen LogP contribution in [0.5, 0.6) is 5.88 Å². The van der Waals surface area contributed by atoms with E-state index in [1.807, 2.05) is 6.92 Å². The molecule has 0 radical (unpaired) electrons. The first kappa shape index (κ1) is 21.0. The van der Waals surface area contributed by atoms with E-state index in [2.05, 4.69) is 20.3 Å². The molecule has 164 valence electrons. The molecule has 0 bridgehead atoms. The second-order valence-electron chi connectivity index (χ2n) is 7.89. The second kappa shape index (κ2) is 8.10. The standard InChI is InChI=1S/C21H24FN5O4/c1-20(12-21(31-19(23)27-20)5-7-30-8-6-21)14-9-13(3-4-15(14)22)26-18(28)16-10-25-17(29-2)11-24-16/h3-4,9-11H,5-8,12H2,1-2H3,(H2,23,27)(H,26,28)/t20-/m0/s1. The average Bonchev–Trinajstić information content (AvgIpc) is 2.74. The van der Waals surface area contributed by atoms with Crippen LogP contribution in [0.2, 0.25) is 0 Å². The SMILES string of the molecule is COc1cnc(C(=O)Nc2ccc(F)c([C@]3(C)CC4(CCOCC4)OC(N)=N3)c2)cn1. The summed E-state index contributed by atoms with van der Waals surface area (Å²) in [4.78, 5) is 25.0. The third-order valence-corrected chi connectivity index (χ3v) is 5.62. The molecular weight excluding hydrogens is 405 g/mol. The van der Waals surface area contributed by atoms with Crippen molar-refractivity contribution in [2.75, 3.05) is 25.6 Å². The summed E-state index contributed by atoms with van der Waals surface area (Å²) >= 11 is 0.